The minimum absolute atomic E-state index is 0.0105. The van der Waals surface area contributed by atoms with Crippen molar-refractivity contribution < 1.29 is 4.39 Å². The molecule has 1 aromatic rings. The van der Waals surface area contributed by atoms with Crippen LogP contribution in [0.5, 0.6) is 0 Å². The van der Waals surface area contributed by atoms with Crippen LogP contribution in [0.15, 0.2) is 18.2 Å². The van der Waals surface area contributed by atoms with Crippen molar-refractivity contribution in [1.82, 2.24) is 0 Å². The molecular weight excluding hydrogens is 213 g/mol. The van der Waals surface area contributed by atoms with Crippen LogP contribution in [-0.2, 0) is 0 Å². The van der Waals surface area contributed by atoms with Crippen molar-refractivity contribution in [3.05, 3.63) is 34.6 Å². The highest BCUT2D eigenvalue weighted by Crippen LogP contribution is 2.35. The maximum atomic E-state index is 12.9. The molecule has 1 fully saturated rings. The lowest BCUT2D eigenvalue weighted by Gasteiger charge is -2.12. The van der Waals surface area contributed by atoms with E-state index in [1.807, 2.05) is 0 Å². The van der Waals surface area contributed by atoms with Crippen molar-refractivity contribution in [3.63, 3.8) is 0 Å². The van der Waals surface area contributed by atoms with E-state index in [1.165, 1.54) is 25.3 Å². The molecule has 0 aromatic heterocycles. The fourth-order valence-corrected chi connectivity index (χ4v) is 1.92. The Bertz CT molecular complexity index is 349. The van der Waals surface area contributed by atoms with Gasteiger partial charge in [0.15, 0.2) is 0 Å². The number of halogens is 2. The molecule has 1 unspecified atom stereocenters. The molecule has 15 heavy (non-hydrogen) atoms. The lowest BCUT2D eigenvalue weighted by molar-refractivity contribution is 0.572. The lowest BCUT2D eigenvalue weighted by Crippen LogP contribution is -2.10. The van der Waals surface area contributed by atoms with Crippen LogP contribution >= 0.6 is 11.6 Å². The van der Waals surface area contributed by atoms with Gasteiger partial charge in [-0.1, -0.05) is 30.5 Å². The van der Waals surface area contributed by atoms with Gasteiger partial charge in [0.05, 0.1) is 5.02 Å². The van der Waals surface area contributed by atoms with Crippen LogP contribution in [0.4, 0.5) is 4.39 Å². The molecule has 1 nitrogen and oxygen atoms in total. The Kier molecular flexibility index (Phi) is 3.27. The average molecular weight is 228 g/mol. The number of rotatable bonds is 4. The molecule has 1 aliphatic carbocycles. The zero-order valence-corrected chi connectivity index (χ0v) is 9.30. The first-order chi connectivity index (χ1) is 7.16. The number of hydrogen-bond donors (Lipinski definition) is 1. The molecule has 0 amide bonds. The first kappa shape index (κ1) is 10.9. The maximum Gasteiger partial charge on any atom is 0.141 e. The highest BCUT2D eigenvalue weighted by Gasteiger charge is 2.22. The number of nitrogens with two attached hydrogens (primary N) is 1. The fraction of sp³-hybridized carbons (Fsp3) is 0.500. The molecule has 0 bridgehead atoms. The first-order valence-electron chi connectivity index (χ1n) is 5.37. The fourth-order valence-electron chi connectivity index (χ4n) is 1.73. The standard InChI is InChI=1S/C12H15ClFN/c13-10-7-9(4-5-11(10)14)12(15)6-3-8-1-2-8/h4-5,7-8,12H,1-3,6,15H2. The van der Waals surface area contributed by atoms with Gasteiger partial charge in [-0.3, -0.25) is 0 Å². The van der Waals surface area contributed by atoms with Crippen LogP contribution in [0.3, 0.4) is 0 Å². The highest BCUT2D eigenvalue weighted by atomic mass is 35.5. The lowest BCUT2D eigenvalue weighted by atomic mass is 10.0. The Morgan fingerprint density at radius 2 is 2.20 bits per heavy atom. The molecule has 1 aromatic carbocycles. The van der Waals surface area contributed by atoms with Crippen molar-refractivity contribution >= 4 is 11.6 Å². The summed E-state index contributed by atoms with van der Waals surface area (Å²) in [5, 5.41) is 0.161. The summed E-state index contributed by atoms with van der Waals surface area (Å²) in [6.45, 7) is 0. The molecule has 0 radical (unpaired) electrons. The predicted octanol–water partition coefficient (Wildman–Crippen LogP) is 3.67. The summed E-state index contributed by atoms with van der Waals surface area (Å²) in [6.07, 6.45) is 4.83. The molecule has 82 valence electrons. The number of benzene rings is 1. The maximum absolute atomic E-state index is 12.9. The van der Waals surface area contributed by atoms with Gasteiger partial charge in [-0.2, -0.15) is 0 Å². The van der Waals surface area contributed by atoms with E-state index in [9.17, 15) is 4.39 Å². The summed E-state index contributed by atoms with van der Waals surface area (Å²) in [5.41, 5.74) is 6.94. The topological polar surface area (TPSA) is 26.0 Å². The molecule has 1 atom stereocenters. The minimum atomic E-state index is -0.380. The first-order valence-corrected chi connectivity index (χ1v) is 5.75. The largest absolute Gasteiger partial charge is 0.324 e. The average Bonchev–Trinajstić information content (AvgIpc) is 3.02. The van der Waals surface area contributed by atoms with Gasteiger partial charge < -0.3 is 5.73 Å². The second-order valence-corrected chi connectivity index (χ2v) is 4.71. The Morgan fingerprint density at radius 3 is 2.80 bits per heavy atom. The summed E-state index contributed by atoms with van der Waals surface area (Å²) in [4.78, 5) is 0. The molecular formula is C12H15ClFN. The van der Waals surface area contributed by atoms with Crippen LogP contribution < -0.4 is 5.73 Å². The van der Waals surface area contributed by atoms with E-state index in [0.717, 1.165) is 17.9 Å². The van der Waals surface area contributed by atoms with Gasteiger partial charge in [-0.15, -0.1) is 0 Å². The third-order valence-electron chi connectivity index (χ3n) is 2.95. The monoisotopic (exact) mass is 227 g/mol. The summed E-state index contributed by atoms with van der Waals surface area (Å²) >= 11 is 5.70. The van der Waals surface area contributed by atoms with Crippen molar-refractivity contribution in [2.24, 2.45) is 11.7 Å². The third kappa shape index (κ3) is 2.93. The molecule has 3 heteroatoms. The summed E-state index contributed by atoms with van der Waals surface area (Å²) in [5.74, 6) is 0.502. The van der Waals surface area contributed by atoms with E-state index in [1.54, 1.807) is 12.1 Å². The minimum Gasteiger partial charge on any atom is -0.324 e. The Hall–Kier alpha value is -0.600. The van der Waals surface area contributed by atoms with Crippen LogP contribution in [0.25, 0.3) is 0 Å². The summed E-state index contributed by atoms with van der Waals surface area (Å²) in [7, 11) is 0. The molecule has 0 spiro atoms. The molecule has 0 saturated heterocycles. The van der Waals surface area contributed by atoms with Gasteiger partial charge in [-0.25, -0.2) is 4.39 Å². The molecule has 1 aliphatic rings. The zero-order valence-electron chi connectivity index (χ0n) is 8.55. The van der Waals surface area contributed by atoms with Gasteiger partial charge in [0, 0.05) is 6.04 Å². The molecule has 1 saturated carbocycles. The van der Waals surface area contributed by atoms with Crippen LogP contribution in [0, 0.1) is 11.7 Å². The molecule has 2 rings (SSSR count). The highest BCUT2D eigenvalue weighted by molar-refractivity contribution is 6.30. The number of hydrogen-bond acceptors (Lipinski definition) is 1. The summed E-state index contributed by atoms with van der Waals surface area (Å²) < 4.78 is 12.9. The second-order valence-electron chi connectivity index (χ2n) is 4.30. The second kappa shape index (κ2) is 4.50. The van der Waals surface area contributed by atoms with Gasteiger partial charge in [0.2, 0.25) is 0 Å². The van der Waals surface area contributed by atoms with Crippen molar-refractivity contribution in [1.29, 1.82) is 0 Å². The van der Waals surface area contributed by atoms with Crippen molar-refractivity contribution in [2.45, 2.75) is 31.7 Å². The van der Waals surface area contributed by atoms with Gasteiger partial charge in [0.1, 0.15) is 5.82 Å². The van der Waals surface area contributed by atoms with Crippen LogP contribution in [0.1, 0.15) is 37.3 Å². The summed E-state index contributed by atoms with van der Waals surface area (Å²) in [6, 6.07) is 4.73. The predicted molar refractivity (Wildman–Crippen MR) is 60.3 cm³/mol. The Labute approximate surface area is 94.4 Å². The molecule has 0 heterocycles. The van der Waals surface area contributed by atoms with Gasteiger partial charge >= 0.3 is 0 Å². The van der Waals surface area contributed by atoms with E-state index in [2.05, 4.69) is 0 Å². The zero-order chi connectivity index (χ0) is 10.8. The molecule has 2 N–H and O–H groups in total. The van der Waals surface area contributed by atoms with Crippen molar-refractivity contribution in [2.75, 3.05) is 0 Å². The van der Waals surface area contributed by atoms with Crippen LogP contribution in [-0.4, -0.2) is 0 Å². The Morgan fingerprint density at radius 1 is 1.47 bits per heavy atom. The van der Waals surface area contributed by atoms with E-state index in [-0.39, 0.29) is 16.9 Å². The smallest absolute Gasteiger partial charge is 0.141 e. The quantitative estimate of drug-likeness (QED) is 0.835. The van der Waals surface area contributed by atoms with Gasteiger partial charge in [-0.05, 0) is 36.5 Å². The normalized spacial score (nSPS) is 17.8. The van der Waals surface area contributed by atoms with E-state index in [4.69, 9.17) is 17.3 Å². The van der Waals surface area contributed by atoms with Gasteiger partial charge in [0.25, 0.3) is 0 Å². The van der Waals surface area contributed by atoms with E-state index in [0.29, 0.717) is 0 Å². The Balaban J connectivity index is 1.97. The van der Waals surface area contributed by atoms with E-state index >= 15 is 0 Å². The van der Waals surface area contributed by atoms with Crippen LogP contribution in [0.2, 0.25) is 5.02 Å². The van der Waals surface area contributed by atoms with Crippen molar-refractivity contribution in [3.8, 4) is 0 Å². The molecule has 0 aliphatic heterocycles. The SMILES string of the molecule is NC(CCC1CC1)c1ccc(F)c(Cl)c1. The third-order valence-corrected chi connectivity index (χ3v) is 3.24. The van der Waals surface area contributed by atoms with E-state index < -0.39 is 0 Å².